The molecule has 0 heterocycles. The number of carbonyl (C=O) groups is 2. The molecule has 228 valence electrons. The maximum atomic E-state index is 14.0. The highest BCUT2D eigenvalue weighted by atomic mass is 16.5. The van der Waals surface area contributed by atoms with E-state index in [-0.39, 0.29) is 28.8 Å². The number of ketones is 1. The van der Waals surface area contributed by atoms with Gasteiger partial charge in [0.05, 0.1) is 0 Å². The van der Waals surface area contributed by atoms with Crippen molar-refractivity contribution in [1.82, 2.24) is 0 Å². The number of aryl methyl sites for hydroxylation is 1. The average Bonchev–Trinajstić information content (AvgIpc) is 3.37. The molecule has 4 aromatic carbocycles. The highest BCUT2D eigenvalue weighted by Gasteiger charge is 2.59. The van der Waals surface area contributed by atoms with Crippen LogP contribution in [0.25, 0.3) is 32.3 Å². The Morgan fingerprint density at radius 2 is 1.59 bits per heavy atom. The van der Waals surface area contributed by atoms with Gasteiger partial charge in [0.1, 0.15) is 11.9 Å². The summed E-state index contributed by atoms with van der Waals surface area (Å²) in [5, 5.41) is 8.02. The zero-order valence-corrected chi connectivity index (χ0v) is 26.7. The summed E-state index contributed by atoms with van der Waals surface area (Å²) in [6.45, 7) is 6.51. The zero-order chi connectivity index (χ0) is 30.2. The van der Waals surface area contributed by atoms with Gasteiger partial charge in [0, 0.05) is 25.7 Å². The molecule has 0 radical (unpaired) electrons. The van der Waals surface area contributed by atoms with Gasteiger partial charge in [-0.2, -0.15) is 0 Å². The van der Waals surface area contributed by atoms with Crippen molar-refractivity contribution in [2.75, 3.05) is 0 Å². The van der Waals surface area contributed by atoms with Gasteiger partial charge >= 0.3 is 5.97 Å². The Kier molecular flexibility index (Phi) is 6.70. The molecule has 0 bridgehead atoms. The number of fused-ring (bicyclic) bond motifs is 5. The number of ether oxygens (including phenoxy) is 1. The molecular formula is C41H46O3. The van der Waals surface area contributed by atoms with Crippen molar-refractivity contribution >= 4 is 44.1 Å². The molecule has 0 aliphatic heterocycles. The summed E-state index contributed by atoms with van der Waals surface area (Å²) in [6.07, 6.45) is 14.0. The van der Waals surface area contributed by atoms with Gasteiger partial charge in [-0.3, -0.25) is 9.59 Å². The van der Waals surface area contributed by atoms with Crippen LogP contribution in [-0.4, -0.2) is 17.9 Å². The SMILES string of the molecule is CC(=O)O[C@H]1CC[C@@]2(C)C(=CC[C@H]3[C@@H]4CC[C@H](C(=O)CCCc5ccc6ccc7cccc8ccc5c6c78)[C@@]4(C)CC[C@@H]32)C1. The molecule has 7 atom stereocenters. The fourth-order valence-electron chi connectivity index (χ4n) is 11.1. The maximum absolute atomic E-state index is 14.0. The molecule has 8 rings (SSSR count). The summed E-state index contributed by atoms with van der Waals surface area (Å²) in [7, 11) is 0. The molecule has 3 fully saturated rings. The van der Waals surface area contributed by atoms with E-state index in [0.717, 1.165) is 44.9 Å². The monoisotopic (exact) mass is 586 g/mol. The van der Waals surface area contributed by atoms with Crippen LogP contribution in [0.3, 0.4) is 0 Å². The van der Waals surface area contributed by atoms with Crippen molar-refractivity contribution in [3.8, 4) is 0 Å². The molecule has 44 heavy (non-hydrogen) atoms. The van der Waals surface area contributed by atoms with Crippen molar-refractivity contribution in [1.29, 1.82) is 0 Å². The van der Waals surface area contributed by atoms with Gasteiger partial charge in [-0.1, -0.05) is 80.1 Å². The van der Waals surface area contributed by atoms with E-state index < -0.39 is 0 Å². The second-order valence-electron chi connectivity index (χ2n) is 15.3. The Bertz CT molecular complexity index is 1780. The van der Waals surface area contributed by atoms with Crippen LogP contribution in [0.15, 0.2) is 66.2 Å². The average molecular weight is 587 g/mol. The second kappa shape index (κ2) is 10.4. The second-order valence-corrected chi connectivity index (χ2v) is 15.3. The van der Waals surface area contributed by atoms with Gasteiger partial charge in [0.25, 0.3) is 0 Å². The quantitative estimate of drug-likeness (QED) is 0.128. The Morgan fingerprint density at radius 1 is 0.841 bits per heavy atom. The molecule has 4 aromatic rings. The first-order valence-electron chi connectivity index (χ1n) is 17.3. The third-order valence-electron chi connectivity index (χ3n) is 13.3. The van der Waals surface area contributed by atoms with E-state index in [2.05, 4.69) is 74.5 Å². The molecular weight excluding hydrogens is 540 g/mol. The molecule has 0 saturated heterocycles. The number of benzene rings is 4. The van der Waals surface area contributed by atoms with E-state index in [1.54, 1.807) is 0 Å². The van der Waals surface area contributed by atoms with Crippen LogP contribution in [0.4, 0.5) is 0 Å². The molecule has 0 aromatic heterocycles. The lowest BCUT2D eigenvalue weighted by molar-refractivity contribution is -0.149. The third kappa shape index (κ3) is 4.28. The smallest absolute Gasteiger partial charge is 0.302 e. The molecule has 4 aliphatic rings. The summed E-state index contributed by atoms with van der Waals surface area (Å²) in [5.41, 5.74) is 3.28. The van der Waals surface area contributed by atoms with Crippen LogP contribution in [0.5, 0.6) is 0 Å². The van der Waals surface area contributed by atoms with E-state index in [1.165, 1.54) is 69.6 Å². The molecule has 0 amide bonds. The Hall–Kier alpha value is -3.20. The fourth-order valence-corrected chi connectivity index (χ4v) is 11.1. The van der Waals surface area contributed by atoms with Crippen molar-refractivity contribution in [3.05, 3.63) is 71.8 Å². The van der Waals surface area contributed by atoms with Gasteiger partial charge in [-0.05, 0) is 124 Å². The zero-order valence-electron chi connectivity index (χ0n) is 26.7. The van der Waals surface area contributed by atoms with Crippen molar-refractivity contribution in [3.63, 3.8) is 0 Å². The van der Waals surface area contributed by atoms with Gasteiger partial charge in [-0.25, -0.2) is 0 Å². The lowest BCUT2D eigenvalue weighted by atomic mass is 9.47. The Labute approximate surface area is 261 Å². The minimum atomic E-state index is -0.154. The largest absolute Gasteiger partial charge is 0.462 e. The number of hydrogen-bond donors (Lipinski definition) is 0. The molecule has 3 saturated carbocycles. The molecule has 3 heteroatoms. The van der Waals surface area contributed by atoms with Gasteiger partial charge in [-0.15, -0.1) is 0 Å². The summed E-state index contributed by atoms with van der Waals surface area (Å²) in [5.74, 6) is 2.61. The number of Topliss-reactive ketones (excluding diaryl/α,β-unsaturated/α-hetero) is 1. The predicted molar refractivity (Wildman–Crippen MR) is 179 cm³/mol. The minimum absolute atomic E-state index is 0.0482. The van der Waals surface area contributed by atoms with Gasteiger partial charge < -0.3 is 4.74 Å². The van der Waals surface area contributed by atoms with E-state index in [9.17, 15) is 9.59 Å². The van der Waals surface area contributed by atoms with Crippen LogP contribution in [-0.2, 0) is 20.7 Å². The summed E-state index contributed by atoms with van der Waals surface area (Å²) >= 11 is 0. The van der Waals surface area contributed by atoms with Gasteiger partial charge in [0.15, 0.2) is 0 Å². The molecule has 0 spiro atoms. The van der Waals surface area contributed by atoms with Crippen molar-refractivity contribution in [2.45, 2.75) is 97.5 Å². The molecule has 3 nitrogen and oxygen atoms in total. The third-order valence-corrected chi connectivity index (χ3v) is 13.3. The fraction of sp³-hybridized carbons (Fsp3) is 0.512. The van der Waals surface area contributed by atoms with Crippen LogP contribution in [0.2, 0.25) is 0 Å². The lowest BCUT2D eigenvalue weighted by Gasteiger charge is -2.58. The van der Waals surface area contributed by atoms with Gasteiger partial charge in [0.2, 0.25) is 0 Å². The highest BCUT2D eigenvalue weighted by molar-refractivity contribution is 6.23. The van der Waals surface area contributed by atoms with Crippen LogP contribution in [0, 0.1) is 34.5 Å². The number of allylic oxidation sites excluding steroid dienone is 1. The Morgan fingerprint density at radius 3 is 2.39 bits per heavy atom. The summed E-state index contributed by atoms with van der Waals surface area (Å²) in [6, 6.07) is 20.2. The van der Waals surface area contributed by atoms with E-state index >= 15 is 0 Å². The lowest BCUT2D eigenvalue weighted by Crippen LogP contribution is -2.51. The van der Waals surface area contributed by atoms with Crippen LogP contribution in [0.1, 0.15) is 90.5 Å². The van der Waals surface area contributed by atoms with Crippen LogP contribution >= 0.6 is 0 Å². The summed E-state index contributed by atoms with van der Waals surface area (Å²) in [4.78, 5) is 25.6. The first kappa shape index (κ1) is 28.3. The highest BCUT2D eigenvalue weighted by Crippen LogP contribution is 2.66. The summed E-state index contributed by atoms with van der Waals surface area (Å²) < 4.78 is 5.64. The maximum Gasteiger partial charge on any atom is 0.302 e. The predicted octanol–water partition coefficient (Wildman–Crippen LogP) is 9.99. The van der Waals surface area contributed by atoms with Crippen LogP contribution < -0.4 is 0 Å². The minimum Gasteiger partial charge on any atom is -0.462 e. The number of esters is 1. The van der Waals surface area contributed by atoms with Crippen molar-refractivity contribution in [2.24, 2.45) is 34.5 Å². The standard InChI is InChI=1S/C41H46O3/c1-25(42)44-31-20-22-40(2)30(24-31)15-17-33-34-18-19-36(41(34,3)23-21-35(33)40)37(43)9-5-6-26-10-11-29-13-12-27-7-4-8-28-14-16-32(26)39(29)38(27)28/h4,7-8,10-16,31,33-36H,5-6,9,17-24H2,1-3H3/t31-,33-,34-,35-,36+,40-,41-/m0/s1. The molecule has 0 unspecified atom stereocenters. The topological polar surface area (TPSA) is 43.4 Å². The first-order chi connectivity index (χ1) is 21.3. The molecule has 4 aliphatic carbocycles. The van der Waals surface area contributed by atoms with E-state index in [0.29, 0.717) is 30.0 Å². The first-order valence-corrected chi connectivity index (χ1v) is 17.3. The molecule has 0 N–H and O–H groups in total. The number of hydrogen-bond acceptors (Lipinski definition) is 3. The number of rotatable bonds is 6. The van der Waals surface area contributed by atoms with Crippen molar-refractivity contribution < 1.29 is 14.3 Å². The Balaban J connectivity index is 0.963. The normalized spacial score (nSPS) is 33.2. The van der Waals surface area contributed by atoms with E-state index in [4.69, 9.17) is 4.74 Å². The number of carbonyl (C=O) groups excluding carboxylic acids is 2. The van der Waals surface area contributed by atoms with E-state index in [1.807, 2.05) is 0 Å².